The summed E-state index contributed by atoms with van der Waals surface area (Å²) < 4.78 is 0. The molecule has 1 amide bonds. The van der Waals surface area contributed by atoms with Crippen molar-refractivity contribution < 1.29 is 14.7 Å². The van der Waals surface area contributed by atoms with Crippen LogP contribution in [0.4, 0.5) is 5.69 Å². The van der Waals surface area contributed by atoms with Gasteiger partial charge in [0.2, 0.25) is 0 Å². The van der Waals surface area contributed by atoms with Gasteiger partial charge in [0.05, 0.1) is 5.57 Å². The fourth-order valence-electron chi connectivity index (χ4n) is 2.48. The monoisotopic (exact) mass is 343 g/mol. The van der Waals surface area contributed by atoms with Gasteiger partial charge in [0.1, 0.15) is 5.75 Å². The lowest BCUT2D eigenvalue weighted by molar-refractivity contribution is -0.112. The molecule has 128 valence electrons. The van der Waals surface area contributed by atoms with Gasteiger partial charge >= 0.3 is 0 Å². The Balaban J connectivity index is 1.98. The Bertz CT molecular complexity index is 947. The number of amides is 1. The van der Waals surface area contributed by atoms with E-state index in [0.717, 1.165) is 0 Å². The number of ketones is 1. The van der Waals surface area contributed by atoms with Gasteiger partial charge in [-0.3, -0.25) is 9.59 Å². The first kappa shape index (κ1) is 17.2. The van der Waals surface area contributed by atoms with Crippen LogP contribution in [-0.4, -0.2) is 16.8 Å². The van der Waals surface area contributed by atoms with Gasteiger partial charge in [-0.2, -0.15) is 0 Å². The van der Waals surface area contributed by atoms with E-state index in [-0.39, 0.29) is 17.1 Å². The van der Waals surface area contributed by atoms with Gasteiger partial charge in [0.15, 0.2) is 5.78 Å². The summed E-state index contributed by atoms with van der Waals surface area (Å²) in [6.45, 7) is 0. The number of rotatable bonds is 5. The molecule has 0 spiro atoms. The largest absolute Gasteiger partial charge is 0.508 e. The normalized spacial score (nSPS) is 11.0. The van der Waals surface area contributed by atoms with Crippen molar-refractivity contribution in [1.82, 2.24) is 0 Å². The van der Waals surface area contributed by atoms with E-state index in [4.69, 9.17) is 0 Å². The van der Waals surface area contributed by atoms with E-state index in [1.54, 1.807) is 66.7 Å². The molecule has 0 saturated heterocycles. The minimum atomic E-state index is -0.506. The van der Waals surface area contributed by atoms with Crippen LogP contribution in [0.15, 0.2) is 90.5 Å². The summed E-state index contributed by atoms with van der Waals surface area (Å²) in [5, 5.41) is 12.4. The van der Waals surface area contributed by atoms with E-state index < -0.39 is 5.91 Å². The first-order chi connectivity index (χ1) is 12.6. The number of Topliss-reactive ketones (excluding diaryl/α,β-unsaturated/α-hetero) is 1. The number of phenols is 1. The molecule has 0 atom stereocenters. The maximum absolute atomic E-state index is 12.9. The second-order valence-electron chi connectivity index (χ2n) is 5.67. The number of aromatic hydroxyl groups is 1. The molecule has 0 aliphatic heterocycles. The fraction of sp³-hybridized carbons (Fsp3) is 0. The molecule has 3 aromatic rings. The SMILES string of the molecule is O=C(Nc1ccccc1)/C(=C/c1cccc(O)c1)C(=O)c1ccccc1. The summed E-state index contributed by atoms with van der Waals surface area (Å²) in [5.74, 6) is -0.829. The molecule has 4 nitrogen and oxygen atoms in total. The van der Waals surface area contributed by atoms with Crippen LogP contribution >= 0.6 is 0 Å². The zero-order chi connectivity index (χ0) is 18.4. The van der Waals surface area contributed by atoms with Crippen LogP contribution in [0.5, 0.6) is 5.75 Å². The molecule has 0 bridgehead atoms. The molecule has 0 unspecified atom stereocenters. The number of carbonyl (C=O) groups excluding carboxylic acids is 2. The average Bonchev–Trinajstić information content (AvgIpc) is 2.67. The van der Waals surface area contributed by atoms with E-state index in [1.807, 2.05) is 6.07 Å². The number of para-hydroxylation sites is 1. The van der Waals surface area contributed by atoms with Crippen LogP contribution < -0.4 is 5.32 Å². The molecule has 26 heavy (non-hydrogen) atoms. The summed E-state index contributed by atoms with van der Waals surface area (Å²) >= 11 is 0. The van der Waals surface area contributed by atoms with Gasteiger partial charge in [-0.1, -0.05) is 60.7 Å². The van der Waals surface area contributed by atoms with Crippen molar-refractivity contribution in [2.45, 2.75) is 0 Å². The summed E-state index contributed by atoms with van der Waals surface area (Å²) in [7, 11) is 0. The minimum absolute atomic E-state index is 0.00865. The van der Waals surface area contributed by atoms with Crippen LogP contribution in [0.3, 0.4) is 0 Å². The van der Waals surface area contributed by atoms with Gasteiger partial charge in [-0.25, -0.2) is 0 Å². The lowest BCUT2D eigenvalue weighted by Gasteiger charge is -2.09. The summed E-state index contributed by atoms with van der Waals surface area (Å²) in [6, 6.07) is 23.9. The Morgan fingerprint density at radius 1 is 0.808 bits per heavy atom. The van der Waals surface area contributed by atoms with Gasteiger partial charge in [0.25, 0.3) is 5.91 Å². The highest BCUT2D eigenvalue weighted by Gasteiger charge is 2.20. The van der Waals surface area contributed by atoms with Crippen LogP contribution in [0.2, 0.25) is 0 Å². The van der Waals surface area contributed by atoms with E-state index >= 15 is 0 Å². The number of carbonyl (C=O) groups is 2. The molecule has 0 aliphatic carbocycles. The number of benzene rings is 3. The van der Waals surface area contributed by atoms with Crippen LogP contribution in [0.25, 0.3) is 6.08 Å². The summed E-state index contributed by atoms with van der Waals surface area (Å²) in [4.78, 5) is 25.6. The van der Waals surface area contributed by atoms with E-state index in [2.05, 4.69) is 5.32 Å². The van der Waals surface area contributed by atoms with Crippen molar-refractivity contribution in [3.63, 3.8) is 0 Å². The number of hydrogen-bond acceptors (Lipinski definition) is 3. The van der Waals surface area contributed by atoms with Gasteiger partial charge in [-0.15, -0.1) is 0 Å². The second kappa shape index (κ2) is 7.94. The molecule has 2 N–H and O–H groups in total. The Labute approximate surface area is 151 Å². The standard InChI is InChI=1S/C22H17NO3/c24-19-13-7-8-16(14-19)15-20(21(25)17-9-3-1-4-10-17)22(26)23-18-11-5-2-6-12-18/h1-15,24H,(H,23,26)/b20-15+. The first-order valence-corrected chi connectivity index (χ1v) is 8.10. The van der Waals surface area contributed by atoms with Gasteiger partial charge in [0, 0.05) is 11.3 Å². The van der Waals surface area contributed by atoms with Crippen LogP contribution in [0.1, 0.15) is 15.9 Å². The molecule has 3 aromatic carbocycles. The molecule has 0 aliphatic rings. The van der Waals surface area contributed by atoms with E-state index in [0.29, 0.717) is 16.8 Å². The van der Waals surface area contributed by atoms with E-state index in [1.165, 1.54) is 18.2 Å². The highest BCUT2D eigenvalue weighted by atomic mass is 16.3. The Kier molecular flexibility index (Phi) is 5.25. The van der Waals surface area contributed by atoms with Crippen molar-refractivity contribution in [3.05, 3.63) is 102 Å². The molecular weight excluding hydrogens is 326 g/mol. The van der Waals surface area contributed by atoms with Crippen molar-refractivity contribution in [3.8, 4) is 5.75 Å². The second-order valence-corrected chi connectivity index (χ2v) is 5.67. The third kappa shape index (κ3) is 4.24. The van der Waals surface area contributed by atoms with Crippen LogP contribution in [-0.2, 0) is 4.79 Å². The number of phenolic OH excluding ortho intramolecular Hbond substituents is 1. The van der Waals surface area contributed by atoms with Crippen molar-refractivity contribution in [2.24, 2.45) is 0 Å². The first-order valence-electron chi connectivity index (χ1n) is 8.10. The highest BCUT2D eigenvalue weighted by Crippen LogP contribution is 2.18. The topological polar surface area (TPSA) is 66.4 Å². The van der Waals surface area contributed by atoms with Crippen LogP contribution in [0, 0.1) is 0 Å². The number of nitrogens with one attached hydrogen (secondary N) is 1. The van der Waals surface area contributed by atoms with E-state index in [9.17, 15) is 14.7 Å². The molecular formula is C22H17NO3. The molecule has 4 heteroatoms. The molecule has 3 rings (SSSR count). The molecule has 0 fully saturated rings. The quantitative estimate of drug-likeness (QED) is 0.314. The van der Waals surface area contributed by atoms with Gasteiger partial charge < -0.3 is 10.4 Å². The number of anilines is 1. The van der Waals surface area contributed by atoms with Crippen molar-refractivity contribution >= 4 is 23.5 Å². The zero-order valence-corrected chi connectivity index (χ0v) is 13.9. The molecule has 0 aromatic heterocycles. The number of hydrogen-bond donors (Lipinski definition) is 2. The molecule has 0 saturated carbocycles. The Morgan fingerprint density at radius 2 is 1.46 bits per heavy atom. The van der Waals surface area contributed by atoms with Crippen molar-refractivity contribution in [2.75, 3.05) is 5.32 Å². The highest BCUT2D eigenvalue weighted by molar-refractivity contribution is 6.31. The summed E-state index contributed by atoms with van der Waals surface area (Å²) in [6.07, 6.45) is 1.48. The fourth-order valence-corrected chi connectivity index (χ4v) is 2.48. The predicted octanol–water partition coefficient (Wildman–Crippen LogP) is 4.30. The predicted molar refractivity (Wildman–Crippen MR) is 102 cm³/mol. The van der Waals surface area contributed by atoms with Crippen molar-refractivity contribution in [1.29, 1.82) is 0 Å². The smallest absolute Gasteiger partial charge is 0.259 e. The lowest BCUT2D eigenvalue weighted by Crippen LogP contribution is -2.20. The third-order valence-corrected chi connectivity index (χ3v) is 3.74. The Hall–Kier alpha value is -3.66. The lowest BCUT2D eigenvalue weighted by atomic mass is 10.00. The summed E-state index contributed by atoms with van der Waals surface area (Å²) in [5.41, 5.74) is 1.57. The maximum Gasteiger partial charge on any atom is 0.259 e. The Morgan fingerprint density at radius 3 is 2.12 bits per heavy atom. The third-order valence-electron chi connectivity index (χ3n) is 3.74. The minimum Gasteiger partial charge on any atom is -0.508 e. The molecule has 0 radical (unpaired) electrons. The zero-order valence-electron chi connectivity index (χ0n) is 13.9. The molecule has 0 heterocycles. The maximum atomic E-state index is 12.9. The van der Waals surface area contributed by atoms with Gasteiger partial charge in [-0.05, 0) is 35.9 Å². The average molecular weight is 343 g/mol.